The number of rotatable bonds is 6. The number of nitrogens with zero attached hydrogens (tertiary/aromatic N) is 1. The average molecular weight is 251 g/mol. The lowest BCUT2D eigenvalue weighted by Gasteiger charge is -2.17. The Morgan fingerprint density at radius 2 is 1.65 bits per heavy atom. The van der Waals surface area contributed by atoms with Crippen molar-refractivity contribution < 1.29 is 4.74 Å². The van der Waals surface area contributed by atoms with E-state index in [0.29, 0.717) is 0 Å². The Labute approximate surface area is 107 Å². The largest absolute Gasteiger partial charge is 0.494 e. The molecule has 0 aromatic heterocycles. The van der Waals surface area contributed by atoms with Crippen molar-refractivity contribution >= 4 is 13.3 Å². The van der Waals surface area contributed by atoms with Gasteiger partial charge in [0.2, 0.25) is 0 Å². The molecule has 0 aliphatic carbocycles. The van der Waals surface area contributed by atoms with Crippen molar-refractivity contribution in [3.8, 4) is 5.75 Å². The molecule has 0 saturated carbocycles. The molecule has 0 atom stereocenters. The Morgan fingerprint density at radius 1 is 1.06 bits per heavy atom. The maximum atomic E-state index is 5.71. The van der Waals surface area contributed by atoms with Crippen molar-refractivity contribution in [1.29, 1.82) is 0 Å². The quantitative estimate of drug-likeness (QED) is 0.569. The van der Waals surface area contributed by atoms with Gasteiger partial charge in [-0.3, -0.25) is 0 Å². The summed E-state index contributed by atoms with van der Waals surface area (Å²) in [6.45, 7) is 8.96. The molecule has 1 aromatic rings. The van der Waals surface area contributed by atoms with Crippen LogP contribution in [0, 0.1) is 0 Å². The maximum Gasteiger partial charge on any atom is 0.119 e. The standard InChI is InChI=1S/C14H25NOSi/c1-15(2)11-6-12-16-13-7-9-14(10-8-13)17(3,4)5/h7-10H,6,11-12H2,1-5H3. The Balaban J connectivity index is 2.41. The van der Waals surface area contributed by atoms with Gasteiger partial charge in [-0.1, -0.05) is 37.0 Å². The van der Waals surface area contributed by atoms with Crippen LogP contribution in [-0.2, 0) is 0 Å². The van der Waals surface area contributed by atoms with Crippen LogP contribution >= 0.6 is 0 Å². The first-order valence-corrected chi connectivity index (χ1v) is 9.77. The second kappa shape index (κ2) is 6.22. The fourth-order valence-corrected chi connectivity index (χ4v) is 2.79. The van der Waals surface area contributed by atoms with Gasteiger partial charge in [-0.2, -0.15) is 0 Å². The molecule has 0 heterocycles. The molecule has 17 heavy (non-hydrogen) atoms. The van der Waals surface area contributed by atoms with Crippen molar-refractivity contribution in [3.63, 3.8) is 0 Å². The summed E-state index contributed by atoms with van der Waals surface area (Å²) in [6.07, 6.45) is 1.07. The molecule has 1 aromatic carbocycles. The summed E-state index contributed by atoms with van der Waals surface area (Å²) in [5, 5.41) is 1.48. The van der Waals surface area contributed by atoms with Crippen LogP contribution in [-0.4, -0.2) is 40.2 Å². The van der Waals surface area contributed by atoms with Crippen molar-refractivity contribution in [2.24, 2.45) is 0 Å². The van der Waals surface area contributed by atoms with Crippen LogP contribution in [0.1, 0.15) is 6.42 Å². The predicted octanol–water partition coefficient (Wildman–Crippen LogP) is 2.56. The highest BCUT2D eigenvalue weighted by atomic mass is 28.3. The van der Waals surface area contributed by atoms with Crippen LogP contribution in [0.25, 0.3) is 0 Å². The van der Waals surface area contributed by atoms with E-state index in [4.69, 9.17) is 4.74 Å². The van der Waals surface area contributed by atoms with Crippen LogP contribution in [0.15, 0.2) is 24.3 Å². The summed E-state index contributed by atoms with van der Waals surface area (Å²) in [5.41, 5.74) is 0. The summed E-state index contributed by atoms with van der Waals surface area (Å²) >= 11 is 0. The van der Waals surface area contributed by atoms with Gasteiger partial charge in [0.25, 0.3) is 0 Å². The van der Waals surface area contributed by atoms with E-state index in [2.05, 4.69) is 62.9 Å². The first-order chi connectivity index (χ1) is 7.89. The molecule has 0 amide bonds. The van der Waals surface area contributed by atoms with Gasteiger partial charge in [0, 0.05) is 6.54 Å². The number of hydrogen-bond acceptors (Lipinski definition) is 2. The van der Waals surface area contributed by atoms with Crippen LogP contribution in [0.4, 0.5) is 0 Å². The molecular weight excluding hydrogens is 226 g/mol. The first kappa shape index (κ1) is 14.3. The zero-order valence-electron chi connectivity index (χ0n) is 11.8. The van der Waals surface area contributed by atoms with Gasteiger partial charge in [-0.25, -0.2) is 0 Å². The third kappa shape index (κ3) is 5.37. The SMILES string of the molecule is CN(C)CCCOc1ccc([Si](C)(C)C)cc1. The minimum atomic E-state index is -1.17. The molecule has 0 spiro atoms. The molecule has 0 aliphatic rings. The minimum absolute atomic E-state index is 0.796. The Kier molecular flexibility index (Phi) is 5.21. The predicted molar refractivity (Wildman–Crippen MR) is 78.1 cm³/mol. The number of benzene rings is 1. The van der Waals surface area contributed by atoms with Gasteiger partial charge >= 0.3 is 0 Å². The normalized spacial score (nSPS) is 11.9. The summed E-state index contributed by atoms with van der Waals surface area (Å²) in [7, 11) is 3.00. The van der Waals surface area contributed by atoms with Gasteiger partial charge in [0.1, 0.15) is 5.75 Å². The zero-order valence-corrected chi connectivity index (χ0v) is 12.8. The van der Waals surface area contributed by atoms with Crippen LogP contribution in [0.3, 0.4) is 0 Å². The summed E-state index contributed by atoms with van der Waals surface area (Å²) in [5.74, 6) is 0.991. The second-order valence-electron chi connectivity index (χ2n) is 5.78. The molecule has 96 valence electrons. The average Bonchev–Trinajstić information content (AvgIpc) is 2.23. The molecule has 2 nitrogen and oxygen atoms in total. The Morgan fingerprint density at radius 3 is 2.12 bits per heavy atom. The van der Waals surface area contributed by atoms with Crippen molar-refractivity contribution in [3.05, 3.63) is 24.3 Å². The lowest BCUT2D eigenvalue weighted by atomic mass is 10.3. The Hall–Kier alpha value is -0.803. The lowest BCUT2D eigenvalue weighted by Crippen LogP contribution is -2.37. The van der Waals surface area contributed by atoms with Crippen LogP contribution < -0.4 is 9.92 Å². The van der Waals surface area contributed by atoms with Crippen LogP contribution in [0.2, 0.25) is 19.6 Å². The topological polar surface area (TPSA) is 12.5 Å². The van der Waals surface area contributed by atoms with Crippen molar-refractivity contribution in [2.75, 3.05) is 27.2 Å². The molecule has 0 N–H and O–H groups in total. The summed E-state index contributed by atoms with van der Waals surface area (Å²) in [4.78, 5) is 2.18. The van der Waals surface area contributed by atoms with E-state index >= 15 is 0 Å². The van der Waals surface area contributed by atoms with Gasteiger partial charge in [0.15, 0.2) is 0 Å². The van der Waals surface area contributed by atoms with E-state index in [1.165, 1.54) is 5.19 Å². The fraction of sp³-hybridized carbons (Fsp3) is 0.571. The summed E-state index contributed by atoms with van der Waals surface area (Å²) in [6, 6.07) is 8.63. The van der Waals surface area contributed by atoms with E-state index in [0.717, 1.165) is 25.3 Å². The van der Waals surface area contributed by atoms with Crippen molar-refractivity contribution in [2.45, 2.75) is 26.1 Å². The van der Waals surface area contributed by atoms with Gasteiger partial charge in [0.05, 0.1) is 14.7 Å². The van der Waals surface area contributed by atoms with Crippen LogP contribution in [0.5, 0.6) is 5.75 Å². The molecule has 0 saturated heterocycles. The highest BCUT2D eigenvalue weighted by Gasteiger charge is 2.15. The molecule has 0 unspecified atom stereocenters. The van der Waals surface area contributed by atoms with Gasteiger partial charge < -0.3 is 9.64 Å². The summed E-state index contributed by atoms with van der Waals surface area (Å²) < 4.78 is 5.71. The minimum Gasteiger partial charge on any atom is -0.494 e. The molecule has 3 heteroatoms. The maximum absolute atomic E-state index is 5.71. The number of ether oxygens (including phenoxy) is 1. The van der Waals surface area contributed by atoms with E-state index in [1.54, 1.807) is 0 Å². The first-order valence-electron chi connectivity index (χ1n) is 6.27. The van der Waals surface area contributed by atoms with E-state index in [-0.39, 0.29) is 0 Å². The van der Waals surface area contributed by atoms with E-state index < -0.39 is 8.07 Å². The van der Waals surface area contributed by atoms with Gasteiger partial charge in [-0.15, -0.1) is 0 Å². The lowest BCUT2D eigenvalue weighted by molar-refractivity contribution is 0.281. The molecular formula is C14H25NOSi. The molecule has 0 radical (unpaired) electrons. The van der Waals surface area contributed by atoms with E-state index in [1.807, 2.05) is 0 Å². The molecule has 0 fully saturated rings. The molecule has 0 aliphatic heterocycles. The Bertz CT molecular complexity index is 327. The monoisotopic (exact) mass is 251 g/mol. The molecule has 1 rings (SSSR count). The fourth-order valence-electron chi connectivity index (χ4n) is 1.62. The zero-order chi connectivity index (χ0) is 12.9. The highest BCUT2D eigenvalue weighted by molar-refractivity contribution is 6.88. The van der Waals surface area contributed by atoms with Crippen molar-refractivity contribution in [1.82, 2.24) is 4.90 Å². The third-order valence-electron chi connectivity index (χ3n) is 2.74. The van der Waals surface area contributed by atoms with E-state index in [9.17, 15) is 0 Å². The third-order valence-corrected chi connectivity index (χ3v) is 4.80. The van der Waals surface area contributed by atoms with Gasteiger partial charge in [-0.05, 0) is 32.6 Å². The smallest absolute Gasteiger partial charge is 0.119 e. The highest BCUT2D eigenvalue weighted by Crippen LogP contribution is 2.11. The second-order valence-corrected chi connectivity index (χ2v) is 10.9. The number of hydrogen-bond donors (Lipinski definition) is 0. The molecule has 0 bridgehead atoms.